The van der Waals surface area contributed by atoms with Crippen molar-refractivity contribution in [3.8, 4) is 6.07 Å². The van der Waals surface area contributed by atoms with Crippen molar-refractivity contribution in [3.05, 3.63) is 22.9 Å². The average molecular weight is 361 g/mol. The van der Waals surface area contributed by atoms with Crippen LogP contribution in [0.2, 0.25) is 0 Å². The number of hydrogen-bond acceptors (Lipinski definition) is 4. The molecule has 0 aromatic carbocycles. The highest BCUT2D eigenvalue weighted by Gasteiger charge is 2.19. The first-order valence-corrected chi connectivity index (χ1v) is 10.2. The lowest BCUT2D eigenvalue weighted by atomic mass is 9.96. The molecule has 1 heterocycles. The van der Waals surface area contributed by atoms with Crippen LogP contribution in [0.3, 0.4) is 0 Å². The van der Waals surface area contributed by atoms with Gasteiger partial charge in [-0.25, -0.2) is 4.79 Å². The van der Waals surface area contributed by atoms with Crippen LogP contribution in [0.15, 0.2) is 22.9 Å². The summed E-state index contributed by atoms with van der Waals surface area (Å²) in [6.45, 7) is 7.79. The number of ether oxygens (including phenoxy) is 1. The van der Waals surface area contributed by atoms with Crippen molar-refractivity contribution in [3.63, 3.8) is 0 Å². The maximum Gasteiger partial charge on any atom is 0.348 e. The first-order valence-electron chi connectivity index (χ1n) is 10.2. The standard InChI is InChI=1S/C22H36N2O2/c1-5-7-9-10-12-19(11-8-6-2)17-26-22(25)21(16-23)15-20-13-14-24(4)18(20)3/h15,19H,5-14,17H2,1-4H3/b21-15+. The average Bonchev–Trinajstić information content (AvgIpc) is 2.96. The number of nitriles is 1. The van der Waals surface area contributed by atoms with E-state index in [-0.39, 0.29) is 5.57 Å². The summed E-state index contributed by atoms with van der Waals surface area (Å²) in [5.74, 6) is -0.0633. The monoisotopic (exact) mass is 360 g/mol. The van der Waals surface area contributed by atoms with Crippen LogP contribution in [-0.4, -0.2) is 31.1 Å². The van der Waals surface area contributed by atoms with Gasteiger partial charge < -0.3 is 9.64 Å². The van der Waals surface area contributed by atoms with E-state index in [4.69, 9.17) is 4.74 Å². The Morgan fingerprint density at radius 3 is 2.50 bits per heavy atom. The van der Waals surface area contributed by atoms with E-state index >= 15 is 0 Å². The zero-order chi connectivity index (χ0) is 19.4. The molecule has 0 N–H and O–H groups in total. The van der Waals surface area contributed by atoms with E-state index in [1.54, 1.807) is 6.08 Å². The lowest BCUT2D eigenvalue weighted by Crippen LogP contribution is -2.16. The summed E-state index contributed by atoms with van der Waals surface area (Å²) >= 11 is 0. The second kappa shape index (κ2) is 12.6. The molecule has 0 bridgehead atoms. The van der Waals surface area contributed by atoms with Crippen LogP contribution >= 0.6 is 0 Å². The van der Waals surface area contributed by atoms with Gasteiger partial charge in [0.05, 0.1) is 6.61 Å². The summed E-state index contributed by atoms with van der Waals surface area (Å²) in [5, 5.41) is 9.36. The number of rotatable bonds is 12. The predicted octanol–water partition coefficient (Wildman–Crippen LogP) is 5.37. The fourth-order valence-electron chi connectivity index (χ4n) is 3.30. The van der Waals surface area contributed by atoms with E-state index in [0.29, 0.717) is 12.5 Å². The van der Waals surface area contributed by atoms with Gasteiger partial charge in [-0.1, -0.05) is 52.4 Å². The fourth-order valence-corrected chi connectivity index (χ4v) is 3.30. The van der Waals surface area contributed by atoms with Crippen LogP contribution in [0.25, 0.3) is 0 Å². The lowest BCUT2D eigenvalue weighted by Gasteiger charge is -2.16. The number of esters is 1. The van der Waals surface area contributed by atoms with Crippen LogP contribution in [0.4, 0.5) is 0 Å². The molecular weight excluding hydrogens is 324 g/mol. The second-order valence-corrected chi connectivity index (χ2v) is 7.41. The SMILES string of the molecule is CCCCCCC(CCCC)COC(=O)/C(C#N)=C/C1=C(C)N(C)CC1. The highest BCUT2D eigenvalue weighted by atomic mass is 16.5. The molecule has 4 heteroatoms. The number of allylic oxidation sites excluding steroid dienone is 2. The molecule has 0 radical (unpaired) electrons. The zero-order valence-corrected chi connectivity index (χ0v) is 17.1. The quantitative estimate of drug-likeness (QED) is 0.203. The Hall–Kier alpha value is -1.76. The lowest BCUT2D eigenvalue weighted by molar-refractivity contribution is -0.140. The van der Waals surface area contributed by atoms with E-state index in [0.717, 1.165) is 49.9 Å². The Morgan fingerprint density at radius 2 is 1.92 bits per heavy atom. The van der Waals surface area contributed by atoms with Crippen molar-refractivity contribution in [1.29, 1.82) is 5.26 Å². The van der Waals surface area contributed by atoms with Crippen LogP contribution < -0.4 is 0 Å². The van der Waals surface area contributed by atoms with Crippen LogP contribution in [0.5, 0.6) is 0 Å². The number of nitrogens with zero attached hydrogens (tertiary/aromatic N) is 2. The van der Waals surface area contributed by atoms with Gasteiger partial charge >= 0.3 is 5.97 Å². The van der Waals surface area contributed by atoms with Gasteiger partial charge in [0, 0.05) is 19.3 Å². The van der Waals surface area contributed by atoms with Gasteiger partial charge in [0.15, 0.2) is 0 Å². The van der Waals surface area contributed by atoms with Gasteiger partial charge in [-0.2, -0.15) is 5.26 Å². The second-order valence-electron chi connectivity index (χ2n) is 7.41. The minimum absolute atomic E-state index is 0.120. The summed E-state index contributed by atoms with van der Waals surface area (Å²) in [6, 6.07) is 2.02. The van der Waals surface area contributed by atoms with Crippen molar-refractivity contribution in [2.45, 2.75) is 78.6 Å². The maximum atomic E-state index is 12.4. The number of carbonyl (C=O) groups excluding carboxylic acids is 1. The molecule has 4 nitrogen and oxygen atoms in total. The van der Waals surface area contributed by atoms with E-state index < -0.39 is 5.97 Å². The summed E-state index contributed by atoms with van der Waals surface area (Å²) in [4.78, 5) is 14.5. The van der Waals surface area contributed by atoms with Crippen molar-refractivity contribution in [1.82, 2.24) is 4.90 Å². The normalized spacial score (nSPS) is 16.0. The summed E-state index contributed by atoms with van der Waals surface area (Å²) in [7, 11) is 2.03. The Bertz CT molecular complexity index is 543. The number of hydrogen-bond donors (Lipinski definition) is 0. The molecule has 1 atom stereocenters. The third-order valence-electron chi connectivity index (χ3n) is 5.29. The third kappa shape index (κ3) is 7.64. The van der Waals surface area contributed by atoms with E-state index in [9.17, 15) is 10.1 Å². The fraction of sp³-hybridized carbons (Fsp3) is 0.727. The molecule has 1 unspecified atom stereocenters. The molecule has 0 fully saturated rings. The van der Waals surface area contributed by atoms with Crippen LogP contribution in [-0.2, 0) is 9.53 Å². The molecule has 1 rings (SSSR count). The first kappa shape index (κ1) is 22.3. The van der Waals surface area contributed by atoms with Gasteiger partial charge in [-0.05, 0) is 43.8 Å². The molecule has 1 aliphatic heterocycles. The largest absolute Gasteiger partial charge is 0.461 e. The maximum absolute atomic E-state index is 12.4. The molecule has 0 spiro atoms. The minimum Gasteiger partial charge on any atom is -0.461 e. The Balaban J connectivity index is 2.59. The summed E-state index contributed by atoms with van der Waals surface area (Å²) in [6.07, 6.45) is 12.0. The van der Waals surface area contributed by atoms with Crippen LogP contribution in [0.1, 0.15) is 78.6 Å². The van der Waals surface area contributed by atoms with Gasteiger partial charge in [-0.15, -0.1) is 0 Å². The first-order chi connectivity index (χ1) is 12.5. The Morgan fingerprint density at radius 1 is 1.23 bits per heavy atom. The molecule has 1 aliphatic rings. The van der Waals surface area contributed by atoms with E-state index in [2.05, 4.69) is 18.7 Å². The van der Waals surface area contributed by atoms with Gasteiger partial charge in [0.2, 0.25) is 0 Å². The van der Waals surface area contributed by atoms with E-state index in [1.165, 1.54) is 25.7 Å². The Labute approximate surface area is 159 Å². The topological polar surface area (TPSA) is 53.3 Å². The Kier molecular flexibility index (Phi) is 10.8. The molecule has 0 aromatic heterocycles. The van der Waals surface area contributed by atoms with Crippen molar-refractivity contribution < 1.29 is 9.53 Å². The minimum atomic E-state index is -0.475. The molecule has 146 valence electrons. The number of carbonyl (C=O) groups is 1. The number of unbranched alkanes of at least 4 members (excludes halogenated alkanes) is 4. The van der Waals surface area contributed by atoms with Crippen molar-refractivity contribution >= 4 is 5.97 Å². The van der Waals surface area contributed by atoms with Gasteiger partial charge in [0.25, 0.3) is 0 Å². The van der Waals surface area contributed by atoms with Gasteiger partial charge in [0.1, 0.15) is 11.6 Å². The summed E-state index contributed by atoms with van der Waals surface area (Å²) in [5.41, 5.74) is 2.31. The third-order valence-corrected chi connectivity index (χ3v) is 5.29. The smallest absolute Gasteiger partial charge is 0.348 e. The highest BCUT2D eigenvalue weighted by molar-refractivity contribution is 5.93. The molecule has 0 aromatic rings. The molecule has 0 saturated carbocycles. The van der Waals surface area contributed by atoms with Crippen molar-refractivity contribution in [2.24, 2.45) is 5.92 Å². The van der Waals surface area contributed by atoms with Crippen LogP contribution in [0, 0.1) is 17.2 Å². The molecule has 0 saturated heterocycles. The van der Waals surface area contributed by atoms with Gasteiger partial charge in [-0.3, -0.25) is 0 Å². The zero-order valence-electron chi connectivity index (χ0n) is 17.1. The highest BCUT2D eigenvalue weighted by Crippen LogP contribution is 2.23. The van der Waals surface area contributed by atoms with Crippen molar-refractivity contribution in [2.75, 3.05) is 20.2 Å². The molecular formula is C22H36N2O2. The molecule has 26 heavy (non-hydrogen) atoms. The molecule has 0 amide bonds. The summed E-state index contributed by atoms with van der Waals surface area (Å²) < 4.78 is 5.52. The molecule has 0 aliphatic carbocycles. The van der Waals surface area contributed by atoms with E-state index in [1.807, 2.05) is 20.0 Å². The predicted molar refractivity (Wildman–Crippen MR) is 106 cm³/mol.